The summed E-state index contributed by atoms with van der Waals surface area (Å²) in [6.45, 7) is 20.4. The number of rotatable bonds is 5. The van der Waals surface area contributed by atoms with Crippen molar-refractivity contribution in [3.8, 4) is 0 Å². The zero-order chi connectivity index (χ0) is 14.6. The Kier molecular flexibility index (Phi) is 6.08. The van der Waals surface area contributed by atoms with E-state index in [1.165, 1.54) is 0 Å². The number of amides is 1. The summed E-state index contributed by atoms with van der Waals surface area (Å²) in [7, 11) is 0. The summed E-state index contributed by atoms with van der Waals surface area (Å²) in [5.41, 5.74) is 0.839. The molecule has 1 amide bonds. The smallest absolute Gasteiger partial charge is 0.246 e. The molecule has 0 atom stereocenters. The van der Waals surface area contributed by atoms with Crippen molar-refractivity contribution in [2.24, 2.45) is 0 Å². The Morgan fingerprint density at radius 2 is 1.56 bits per heavy atom. The molecule has 0 aliphatic carbocycles. The highest BCUT2D eigenvalue weighted by Gasteiger charge is 2.30. The predicted molar refractivity (Wildman–Crippen MR) is 78.7 cm³/mol. The number of hydrogen-bond acceptors (Lipinski definition) is 2. The summed E-state index contributed by atoms with van der Waals surface area (Å²) >= 11 is 0. The van der Waals surface area contributed by atoms with Gasteiger partial charge >= 0.3 is 0 Å². The van der Waals surface area contributed by atoms with E-state index < -0.39 is 0 Å². The van der Waals surface area contributed by atoms with Gasteiger partial charge in [0.05, 0.1) is 0 Å². The third-order valence-corrected chi connectivity index (χ3v) is 2.85. The van der Waals surface area contributed by atoms with Crippen LogP contribution in [0.15, 0.2) is 12.2 Å². The first kappa shape index (κ1) is 17.2. The van der Waals surface area contributed by atoms with E-state index >= 15 is 0 Å². The molecule has 0 saturated heterocycles. The standard InChI is InChI=1S/C15H30N2O/c1-12(2)13(18)16-10-9-11-17(14(3,4)5)15(6,7)8/h1,9-11H2,2-8H3,(H,16,18). The van der Waals surface area contributed by atoms with Gasteiger partial charge in [-0.2, -0.15) is 0 Å². The average molecular weight is 254 g/mol. The molecule has 3 nitrogen and oxygen atoms in total. The molecule has 0 aromatic heterocycles. The summed E-state index contributed by atoms with van der Waals surface area (Å²) in [5.74, 6) is -0.0481. The Balaban J connectivity index is 4.24. The van der Waals surface area contributed by atoms with Crippen LogP contribution in [-0.2, 0) is 4.79 Å². The molecule has 0 heterocycles. The third-order valence-electron chi connectivity index (χ3n) is 2.85. The van der Waals surface area contributed by atoms with Gasteiger partial charge in [-0.3, -0.25) is 9.69 Å². The molecule has 0 radical (unpaired) electrons. The molecule has 1 N–H and O–H groups in total. The summed E-state index contributed by atoms with van der Waals surface area (Å²) < 4.78 is 0. The van der Waals surface area contributed by atoms with Gasteiger partial charge in [-0.15, -0.1) is 0 Å². The number of nitrogens with zero attached hydrogens (tertiary/aromatic N) is 1. The lowest BCUT2D eigenvalue weighted by Crippen LogP contribution is -2.53. The van der Waals surface area contributed by atoms with Crippen LogP contribution in [0.2, 0.25) is 0 Å². The van der Waals surface area contributed by atoms with E-state index in [2.05, 4.69) is 58.3 Å². The first-order valence-corrected chi connectivity index (χ1v) is 6.67. The summed E-state index contributed by atoms with van der Waals surface area (Å²) in [5, 5.41) is 2.88. The molecule has 0 saturated carbocycles. The van der Waals surface area contributed by atoms with Crippen molar-refractivity contribution in [3.05, 3.63) is 12.2 Å². The maximum atomic E-state index is 11.4. The van der Waals surface area contributed by atoms with Gasteiger partial charge < -0.3 is 5.32 Å². The van der Waals surface area contributed by atoms with Crippen LogP contribution in [0.25, 0.3) is 0 Å². The number of carbonyl (C=O) groups excluding carboxylic acids is 1. The molecule has 0 fully saturated rings. The lowest BCUT2D eigenvalue weighted by atomic mass is 9.95. The van der Waals surface area contributed by atoms with Crippen LogP contribution in [0.4, 0.5) is 0 Å². The van der Waals surface area contributed by atoms with Gasteiger partial charge in [-0.25, -0.2) is 0 Å². The minimum atomic E-state index is -0.0481. The molecule has 3 heteroatoms. The van der Waals surface area contributed by atoms with Gasteiger partial charge in [-0.05, 0) is 54.9 Å². The lowest BCUT2D eigenvalue weighted by Gasteiger charge is -2.45. The van der Waals surface area contributed by atoms with E-state index in [1.807, 2.05) is 0 Å². The second-order valence-corrected chi connectivity index (χ2v) is 6.88. The maximum Gasteiger partial charge on any atom is 0.246 e. The Bertz CT molecular complexity index is 281. The molecule has 18 heavy (non-hydrogen) atoms. The van der Waals surface area contributed by atoms with Crippen LogP contribution < -0.4 is 5.32 Å². The first-order chi connectivity index (χ1) is 7.96. The molecule has 0 aromatic rings. The first-order valence-electron chi connectivity index (χ1n) is 6.67. The topological polar surface area (TPSA) is 32.3 Å². The molecule has 106 valence electrons. The van der Waals surface area contributed by atoms with Crippen molar-refractivity contribution in [2.75, 3.05) is 13.1 Å². The second kappa shape index (κ2) is 6.37. The molecule has 0 aromatic carbocycles. The molecular weight excluding hydrogens is 224 g/mol. The highest BCUT2D eigenvalue weighted by molar-refractivity contribution is 5.91. The van der Waals surface area contributed by atoms with Gasteiger partial charge in [0, 0.05) is 29.7 Å². The fourth-order valence-corrected chi connectivity index (χ4v) is 2.27. The van der Waals surface area contributed by atoms with Crippen molar-refractivity contribution in [3.63, 3.8) is 0 Å². The largest absolute Gasteiger partial charge is 0.352 e. The van der Waals surface area contributed by atoms with E-state index in [0.717, 1.165) is 13.0 Å². The van der Waals surface area contributed by atoms with Crippen LogP contribution in [-0.4, -0.2) is 35.0 Å². The fourth-order valence-electron chi connectivity index (χ4n) is 2.27. The Hall–Kier alpha value is -0.830. The van der Waals surface area contributed by atoms with E-state index in [9.17, 15) is 4.79 Å². The van der Waals surface area contributed by atoms with Gasteiger partial charge in [0.1, 0.15) is 0 Å². The maximum absolute atomic E-state index is 11.4. The quantitative estimate of drug-likeness (QED) is 0.604. The van der Waals surface area contributed by atoms with Gasteiger partial charge in [0.25, 0.3) is 0 Å². The average Bonchev–Trinajstić information content (AvgIpc) is 2.12. The van der Waals surface area contributed by atoms with Crippen LogP contribution in [0.5, 0.6) is 0 Å². The summed E-state index contributed by atoms with van der Waals surface area (Å²) in [6.07, 6.45) is 0.952. The normalized spacial score (nSPS) is 12.7. The Morgan fingerprint density at radius 1 is 1.11 bits per heavy atom. The van der Waals surface area contributed by atoms with E-state index in [-0.39, 0.29) is 17.0 Å². The SMILES string of the molecule is C=C(C)C(=O)NCCCN(C(C)(C)C)C(C)(C)C. The Labute approximate surface area is 113 Å². The molecule has 0 bridgehead atoms. The molecule has 0 spiro atoms. The lowest BCUT2D eigenvalue weighted by molar-refractivity contribution is -0.117. The van der Waals surface area contributed by atoms with Crippen LogP contribution in [0.1, 0.15) is 54.9 Å². The predicted octanol–water partition coefficient (Wildman–Crippen LogP) is 2.97. The number of carbonyl (C=O) groups is 1. The van der Waals surface area contributed by atoms with E-state index in [1.54, 1.807) is 6.92 Å². The van der Waals surface area contributed by atoms with Crippen molar-refractivity contribution >= 4 is 5.91 Å². The van der Waals surface area contributed by atoms with Crippen LogP contribution in [0.3, 0.4) is 0 Å². The van der Waals surface area contributed by atoms with Crippen LogP contribution in [0, 0.1) is 0 Å². The highest BCUT2D eigenvalue weighted by atomic mass is 16.1. The third kappa shape index (κ3) is 6.20. The second-order valence-electron chi connectivity index (χ2n) is 6.88. The fraction of sp³-hybridized carbons (Fsp3) is 0.800. The van der Waals surface area contributed by atoms with Gasteiger partial charge in [-0.1, -0.05) is 6.58 Å². The molecule has 0 aliphatic heterocycles. The van der Waals surface area contributed by atoms with Crippen LogP contribution >= 0.6 is 0 Å². The van der Waals surface area contributed by atoms with Gasteiger partial charge in [0.2, 0.25) is 5.91 Å². The van der Waals surface area contributed by atoms with Gasteiger partial charge in [0.15, 0.2) is 0 Å². The summed E-state index contributed by atoms with van der Waals surface area (Å²) in [6, 6.07) is 0. The Morgan fingerprint density at radius 3 is 1.89 bits per heavy atom. The molecular formula is C15H30N2O. The monoisotopic (exact) mass is 254 g/mol. The van der Waals surface area contributed by atoms with Crippen molar-refractivity contribution in [2.45, 2.75) is 66.0 Å². The summed E-state index contributed by atoms with van der Waals surface area (Å²) in [4.78, 5) is 13.8. The van der Waals surface area contributed by atoms with Crippen molar-refractivity contribution in [1.82, 2.24) is 10.2 Å². The number of hydrogen-bond donors (Lipinski definition) is 1. The van der Waals surface area contributed by atoms with Crippen molar-refractivity contribution in [1.29, 1.82) is 0 Å². The molecule has 0 aliphatic rings. The zero-order valence-corrected chi connectivity index (χ0v) is 13.2. The van der Waals surface area contributed by atoms with Crippen molar-refractivity contribution < 1.29 is 4.79 Å². The van der Waals surface area contributed by atoms with E-state index in [4.69, 9.17) is 0 Å². The molecule has 0 rings (SSSR count). The van der Waals surface area contributed by atoms with E-state index in [0.29, 0.717) is 12.1 Å². The highest BCUT2D eigenvalue weighted by Crippen LogP contribution is 2.24. The minimum absolute atomic E-state index is 0.0481. The zero-order valence-electron chi connectivity index (χ0n) is 13.2. The molecule has 0 unspecified atom stereocenters. The number of nitrogens with one attached hydrogen (secondary N) is 1. The minimum Gasteiger partial charge on any atom is -0.352 e.